The number of benzene rings is 2. The fourth-order valence-electron chi connectivity index (χ4n) is 8.30. The van der Waals surface area contributed by atoms with E-state index in [4.69, 9.17) is 28.4 Å². The average molecular weight is 987 g/mol. The maximum atomic E-state index is 12.4. The van der Waals surface area contributed by atoms with Crippen LogP contribution in [-0.2, 0) is 74.4 Å². The first-order chi connectivity index (χ1) is 31.2. The maximum Gasteiger partial charge on any atom is 0.303 e. The van der Waals surface area contributed by atoms with Crippen LogP contribution >= 0.6 is 0 Å². The van der Waals surface area contributed by atoms with Crippen LogP contribution in [0.25, 0.3) is 0 Å². The maximum absolute atomic E-state index is 12.4. The van der Waals surface area contributed by atoms with E-state index in [1.165, 1.54) is 37.4 Å². The van der Waals surface area contributed by atoms with Gasteiger partial charge in [-0.25, -0.2) is 25.3 Å². The van der Waals surface area contributed by atoms with Gasteiger partial charge in [-0.3, -0.25) is 4.79 Å². The van der Waals surface area contributed by atoms with Crippen LogP contribution in [0.5, 0.6) is 0 Å². The number of hydrogen-bond donors (Lipinski definition) is 1. The highest BCUT2D eigenvalue weighted by Gasteiger charge is 2.48. The Balaban J connectivity index is 1.72. The first kappa shape index (κ1) is 55.0. The summed E-state index contributed by atoms with van der Waals surface area (Å²) >= 11 is 0. The van der Waals surface area contributed by atoms with Crippen LogP contribution in [-0.4, -0.2) is 159 Å². The molecule has 1 N–H and O–H groups in total. The summed E-state index contributed by atoms with van der Waals surface area (Å²) in [5.74, 6) is -1.59. The van der Waals surface area contributed by atoms with E-state index in [-0.39, 0.29) is 52.2 Å². The molecule has 2 aromatic rings. The number of rotatable bonds is 32. The lowest BCUT2D eigenvalue weighted by atomic mass is 9.75. The van der Waals surface area contributed by atoms with Crippen LogP contribution in [0.3, 0.4) is 0 Å². The molecular weight excluding hydrogens is 925 g/mol. The number of nitrogens with zero attached hydrogens (tertiary/aromatic N) is 2. The Kier molecular flexibility index (Phi) is 20.9. The monoisotopic (exact) mass is 986 g/mol. The standard InChI is InChI=1S/C44H64N2O17S3/c1-43(17-9-31-64(49,50)51)36-32-34(65(52,53)54)14-16-39(36)46(20-22-58-3)40(43)10-8-11-41-44(2,18-21-60-25-26-62-29-30-63-28-27-61-24-23-59-4)37-33-35(66(55,56)57)13-15-38(37)45(41)19-7-5-6-12-42(47)48/h8,10-11,13-16,32-33H,5-7,9,12,17-31H2,1-4H3,(H3-,47,48,49,50,51,52,53,54,55,56,57)/p-2. The molecule has 0 bridgehead atoms. The smallest absolute Gasteiger partial charge is 0.303 e. The van der Waals surface area contributed by atoms with Crippen molar-refractivity contribution in [3.05, 3.63) is 71.5 Å². The van der Waals surface area contributed by atoms with Crippen molar-refractivity contribution in [2.24, 2.45) is 0 Å². The zero-order valence-electron chi connectivity index (χ0n) is 37.9. The van der Waals surface area contributed by atoms with Crippen LogP contribution < -0.4 is 4.90 Å². The number of carboxylic acid groups (broad SMARTS) is 1. The van der Waals surface area contributed by atoms with E-state index in [1.807, 2.05) is 22.5 Å². The summed E-state index contributed by atoms with van der Waals surface area (Å²) in [5, 5.41) is 9.23. The number of allylic oxidation sites excluding steroid dienone is 4. The van der Waals surface area contributed by atoms with Crippen molar-refractivity contribution in [3.8, 4) is 0 Å². The first-order valence-corrected chi connectivity index (χ1v) is 26.0. The number of aliphatic carboxylic acids is 1. The molecule has 370 valence electrons. The molecule has 0 saturated carbocycles. The van der Waals surface area contributed by atoms with Gasteiger partial charge in [0.1, 0.15) is 26.8 Å². The Hall–Kier alpha value is -3.65. The fourth-order valence-corrected chi connectivity index (χ4v) is 9.79. The third kappa shape index (κ3) is 15.4. The van der Waals surface area contributed by atoms with Gasteiger partial charge in [-0.15, -0.1) is 0 Å². The second kappa shape index (κ2) is 25.1. The molecule has 0 saturated heterocycles. The minimum atomic E-state index is -4.89. The van der Waals surface area contributed by atoms with E-state index >= 15 is 0 Å². The molecule has 0 aliphatic carbocycles. The summed E-state index contributed by atoms with van der Waals surface area (Å²) in [6.45, 7) is 7.81. The number of fused-ring (bicyclic) bond motifs is 2. The summed E-state index contributed by atoms with van der Waals surface area (Å²) in [4.78, 5) is 12.4. The van der Waals surface area contributed by atoms with Gasteiger partial charge in [0.25, 0.3) is 0 Å². The Morgan fingerprint density at radius 1 is 0.697 bits per heavy atom. The third-order valence-corrected chi connectivity index (χ3v) is 14.1. The molecular formula is C44H62N2O17S3-2. The Morgan fingerprint density at radius 2 is 1.26 bits per heavy atom. The van der Waals surface area contributed by atoms with E-state index < -0.39 is 62.7 Å². The van der Waals surface area contributed by atoms with E-state index in [1.54, 1.807) is 32.3 Å². The lowest BCUT2D eigenvalue weighted by Crippen LogP contribution is -2.33. The molecule has 66 heavy (non-hydrogen) atoms. The number of carbonyl (C=O) groups is 1. The van der Waals surface area contributed by atoms with Gasteiger partial charge in [-0.05, 0) is 87.9 Å². The van der Waals surface area contributed by atoms with Gasteiger partial charge < -0.3 is 52.1 Å². The quantitative estimate of drug-likeness (QED) is 0.0620. The topological polar surface area (TPSA) is 271 Å². The first-order valence-electron chi connectivity index (χ1n) is 21.6. The highest BCUT2D eigenvalue weighted by atomic mass is 32.2. The van der Waals surface area contributed by atoms with E-state index in [0.717, 1.165) is 0 Å². The predicted molar refractivity (Wildman–Crippen MR) is 239 cm³/mol. The van der Waals surface area contributed by atoms with Crippen molar-refractivity contribution in [1.29, 1.82) is 0 Å². The van der Waals surface area contributed by atoms with Crippen LogP contribution in [0, 0.1) is 0 Å². The second-order valence-electron chi connectivity index (χ2n) is 16.3. The Morgan fingerprint density at radius 3 is 1.82 bits per heavy atom. The Labute approximate surface area is 388 Å². The van der Waals surface area contributed by atoms with Gasteiger partial charge in [0.05, 0.1) is 78.2 Å². The Bertz CT molecular complexity index is 2390. The van der Waals surface area contributed by atoms with Gasteiger partial charge in [0.15, 0.2) is 12.3 Å². The summed E-state index contributed by atoms with van der Waals surface area (Å²) in [5.41, 5.74) is 1.44. The van der Waals surface area contributed by atoms with Crippen LogP contribution in [0.2, 0.25) is 0 Å². The second-order valence-corrected chi connectivity index (χ2v) is 20.6. The van der Waals surface area contributed by atoms with Crippen LogP contribution in [0.15, 0.2) is 70.1 Å². The number of carboxylic acids is 1. The molecule has 2 aliphatic rings. The number of ether oxygens (including phenoxy) is 6. The molecule has 2 atom stereocenters. The normalized spacial score (nSPS) is 19.4. The summed E-state index contributed by atoms with van der Waals surface area (Å²) in [6, 6.07) is 8.21. The zero-order valence-corrected chi connectivity index (χ0v) is 40.4. The highest BCUT2D eigenvalue weighted by Crippen LogP contribution is 2.51. The molecule has 2 aliphatic heterocycles. The van der Waals surface area contributed by atoms with E-state index in [2.05, 4.69) is 0 Å². The van der Waals surface area contributed by atoms with Crippen LogP contribution in [0.4, 0.5) is 11.4 Å². The molecule has 19 nitrogen and oxygen atoms in total. The summed E-state index contributed by atoms with van der Waals surface area (Å²) in [6.07, 6.45) is 7.28. The van der Waals surface area contributed by atoms with E-state index in [0.29, 0.717) is 106 Å². The molecule has 0 spiro atoms. The molecule has 0 fully saturated rings. The minimum absolute atomic E-state index is 0.00880. The van der Waals surface area contributed by atoms with Gasteiger partial charge in [-0.2, -0.15) is 4.58 Å². The molecule has 0 aromatic heterocycles. The highest BCUT2D eigenvalue weighted by molar-refractivity contribution is 7.86. The van der Waals surface area contributed by atoms with Crippen molar-refractivity contribution >= 4 is 53.4 Å². The van der Waals surface area contributed by atoms with Gasteiger partial charge in [0, 0.05) is 74.1 Å². The summed E-state index contributed by atoms with van der Waals surface area (Å²) < 4.78 is 144. The molecule has 0 radical (unpaired) electrons. The van der Waals surface area contributed by atoms with Crippen molar-refractivity contribution < 1.29 is 81.8 Å². The molecule has 4 rings (SSSR count). The molecule has 2 unspecified atom stereocenters. The number of methoxy groups -OCH3 is 2. The number of anilines is 1. The largest absolute Gasteiger partial charge is 0.748 e. The molecule has 0 amide bonds. The third-order valence-electron chi connectivity index (χ3n) is 11.7. The van der Waals surface area contributed by atoms with E-state index in [9.17, 15) is 48.8 Å². The lowest BCUT2D eigenvalue weighted by molar-refractivity contribution is -0.441. The zero-order chi connectivity index (χ0) is 48.6. The number of unbranched alkanes of at least 4 members (excludes halogenated alkanes) is 2. The van der Waals surface area contributed by atoms with Crippen molar-refractivity contribution in [2.45, 2.75) is 79.4 Å². The number of hydrogen-bond acceptors (Lipinski definition) is 17. The van der Waals surface area contributed by atoms with Crippen LogP contribution in [0.1, 0.15) is 69.9 Å². The fraction of sp³-hybridized carbons (Fsp3) is 0.591. The minimum Gasteiger partial charge on any atom is -0.748 e. The predicted octanol–water partition coefficient (Wildman–Crippen LogP) is 3.79. The molecule has 2 heterocycles. The summed E-state index contributed by atoms with van der Waals surface area (Å²) in [7, 11) is -11.3. The average Bonchev–Trinajstić information content (AvgIpc) is 3.61. The SMILES string of the molecule is COCCOCCOCCOCCOCCC1(C)/C(=C\C=C\C2=[N+](CCOC)c3ccc(S(=O)(=O)[O-])cc3C2(C)CCCS(=O)(=O)[O-])N(CCCCCC(=O)O)c2ccc(S(=O)(=O)[O-])cc21. The van der Waals surface area contributed by atoms with Gasteiger partial charge in [-0.1, -0.05) is 12.5 Å². The van der Waals surface area contributed by atoms with Crippen molar-refractivity contribution in [1.82, 2.24) is 0 Å². The van der Waals surface area contributed by atoms with Crippen molar-refractivity contribution in [2.75, 3.05) is 104 Å². The van der Waals surface area contributed by atoms with Gasteiger partial charge >= 0.3 is 5.97 Å². The molecule has 2 aromatic carbocycles. The lowest BCUT2D eigenvalue weighted by Gasteiger charge is -2.30. The molecule has 22 heteroatoms. The van der Waals surface area contributed by atoms with Crippen molar-refractivity contribution in [3.63, 3.8) is 0 Å². The van der Waals surface area contributed by atoms with Gasteiger partial charge in [0.2, 0.25) is 5.69 Å².